The zero-order chi connectivity index (χ0) is 24.2. The van der Waals surface area contributed by atoms with Crippen molar-refractivity contribution in [1.29, 1.82) is 0 Å². The van der Waals surface area contributed by atoms with E-state index in [1.165, 1.54) is 23.3 Å². The second-order valence-corrected chi connectivity index (χ2v) is 9.37. The molecule has 2 aromatic carbocycles. The summed E-state index contributed by atoms with van der Waals surface area (Å²) in [7, 11) is 0. The number of aliphatic hydroxyl groups is 2. The fourth-order valence-electron chi connectivity index (χ4n) is 4.72. The van der Waals surface area contributed by atoms with Gasteiger partial charge in [-0.15, -0.1) is 0 Å². The van der Waals surface area contributed by atoms with E-state index in [9.17, 15) is 19.4 Å². The quantitative estimate of drug-likeness (QED) is 0.476. The van der Waals surface area contributed by atoms with E-state index in [0.717, 1.165) is 41.5 Å². The Hall–Kier alpha value is -3.02. The fourth-order valence-corrected chi connectivity index (χ4v) is 4.72. The Morgan fingerprint density at radius 1 is 1.12 bits per heavy atom. The van der Waals surface area contributed by atoms with Crippen molar-refractivity contribution in [3.63, 3.8) is 0 Å². The Kier molecular flexibility index (Phi) is 7.44. The largest absolute Gasteiger partial charge is 0.481 e. The van der Waals surface area contributed by atoms with Gasteiger partial charge in [0.25, 0.3) is 0 Å². The van der Waals surface area contributed by atoms with Crippen molar-refractivity contribution in [3.8, 4) is 0 Å². The van der Waals surface area contributed by atoms with Crippen LogP contribution in [0, 0.1) is 11.7 Å². The van der Waals surface area contributed by atoms with Gasteiger partial charge in [-0.2, -0.15) is 0 Å². The molecule has 0 amide bonds. The average molecular weight is 463 g/mol. The minimum absolute atomic E-state index is 0.0575. The minimum Gasteiger partial charge on any atom is -0.481 e. The molecular formula is C29H31FO4. The van der Waals surface area contributed by atoms with E-state index in [1.807, 2.05) is 18.2 Å². The van der Waals surface area contributed by atoms with Crippen LogP contribution in [-0.4, -0.2) is 33.5 Å². The first kappa shape index (κ1) is 24.1. The third-order valence-electron chi connectivity index (χ3n) is 6.59. The van der Waals surface area contributed by atoms with Crippen molar-refractivity contribution in [2.45, 2.75) is 57.2 Å². The van der Waals surface area contributed by atoms with E-state index in [0.29, 0.717) is 11.8 Å². The van der Waals surface area contributed by atoms with Crippen LogP contribution in [-0.2, 0) is 4.79 Å². The maximum atomic E-state index is 13.8. The molecule has 1 fully saturated rings. The molecule has 1 saturated carbocycles. The van der Waals surface area contributed by atoms with E-state index >= 15 is 0 Å². The van der Waals surface area contributed by atoms with Crippen molar-refractivity contribution in [2.24, 2.45) is 5.92 Å². The van der Waals surface area contributed by atoms with Gasteiger partial charge < -0.3 is 15.3 Å². The van der Waals surface area contributed by atoms with E-state index in [-0.39, 0.29) is 12.2 Å². The minimum atomic E-state index is -1.12. The standard InChI is InChI=1S/C29H31FO4/c1-18-6-14-25(19-7-8-19)27(15-13-22(31)16-23(32)17-28(33)34)29(20-9-11-21(30)12-10-20)26-5-3-2-4-24(18)26/h2-5,9-15,18-19,22-23,31-32H,6-8,16-17H2,1H3,(H,33,34). The SMILES string of the molecule is CC1CC=C(C2CC2)C(C=CC(O)CC(O)CC(=O)O)=C(c2ccc(F)cc2)c2ccccc21. The molecule has 2 aliphatic carbocycles. The van der Waals surface area contributed by atoms with Crippen LogP contribution in [0.25, 0.3) is 5.57 Å². The second-order valence-electron chi connectivity index (χ2n) is 9.37. The number of aliphatic carboxylic acids is 1. The van der Waals surface area contributed by atoms with E-state index in [4.69, 9.17) is 5.11 Å². The molecular weight excluding hydrogens is 431 g/mol. The maximum Gasteiger partial charge on any atom is 0.305 e. The van der Waals surface area contributed by atoms with Crippen molar-refractivity contribution in [1.82, 2.24) is 0 Å². The average Bonchev–Trinajstić information content (AvgIpc) is 3.62. The van der Waals surface area contributed by atoms with Crippen LogP contribution in [0.4, 0.5) is 4.39 Å². The first-order chi connectivity index (χ1) is 16.3. The number of rotatable bonds is 8. The summed E-state index contributed by atoms with van der Waals surface area (Å²) in [6, 6.07) is 14.8. The number of carboxylic acid groups (broad SMARTS) is 1. The summed E-state index contributed by atoms with van der Waals surface area (Å²) in [5.74, 6) is -0.630. The smallest absolute Gasteiger partial charge is 0.305 e. The summed E-state index contributed by atoms with van der Waals surface area (Å²) in [5, 5.41) is 29.4. The summed E-state index contributed by atoms with van der Waals surface area (Å²) in [5.41, 5.74) is 6.42. The Bertz CT molecular complexity index is 1130. The van der Waals surface area contributed by atoms with Crippen LogP contribution in [0.5, 0.6) is 0 Å². The molecule has 2 aromatic rings. The molecule has 0 saturated heterocycles. The number of fused-ring (bicyclic) bond motifs is 1. The number of hydrogen-bond acceptors (Lipinski definition) is 3. The molecule has 0 bridgehead atoms. The second kappa shape index (κ2) is 10.5. The third-order valence-corrected chi connectivity index (χ3v) is 6.59. The fraction of sp³-hybridized carbons (Fsp3) is 0.345. The molecule has 178 valence electrons. The monoisotopic (exact) mass is 462 g/mol. The van der Waals surface area contributed by atoms with Crippen LogP contribution < -0.4 is 0 Å². The zero-order valence-corrected chi connectivity index (χ0v) is 19.3. The Labute approximate surface area is 199 Å². The molecule has 4 nitrogen and oxygen atoms in total. The molecule has 3 atom stereocenters. The number of allylic oxidation sites excluding steroid dienone is 4. The number of carboxylic acids is 1. The number of benzene rings is 2. The lowest BCUT2D eigenvalue weighted by Crippen LogP contribution is -2.19. The summed E-state index contributed by atoms with van der Waals surface area (Å²) < 4.78 is 13.8. The lowest BCUT2D eigenvalue weighted by molar-refractivity contribution is -0.139. The highest BCUT2D eigenvalue weighted by atomic mass is 19.1. The Morgan fingerprint density at radius 3 is 2.50 bits per heavy atom. The molecule has 5 heteroatoms. The molecule has 0 spiro atoms. The van der Waals surface area contributed by atoms with Gasteiger partial charge in [0.2, 0.25) is 0 Å². The third kappa shape index (κ3) is 5.72. The van der Waals surface area contributed by atoms with Crippen molar-refractivity contribution in [3.05, 3.63) is 100 Å². The van der Waals surface area contributed by atoms with Crippen LogP contribution in [0.3, 0.4) is 0 Å². The van der Waals surface area contributed by atoms with Gasteiger partial charge >= 0.3 is 5.97 Å². The lowest BCUT2D eigenvalue weighted by atomic mass is 9.79. The maximum absolute atomic E-state index is 13.8. The molecule has 2 aliphatic rings. The highest BCUT2D eigenvalue weighted by Crippen LogP contribution is 2.47. The summed E-state index contributed by atoms with van der Waals surface area (Å²) in [6.07, 6.45) is 6.36. The molecule has 3 unspecified atom stereocenters. The number of hydrogen-bond donors (Lipinski definition) is 3. The first-order valence-electron chi connectivity index (χ1n) is 11.9. The molecule has 3 N–H and O–H groups in total. The summed E-state index contributed by atoms with van der Waals surface area (Å²) in [6.45, 7) is 2.22. The van der Waals surface area contributed by atoms with Crippen molar-refractivity contribution in [2.75, 3.05) is 0 Å². The van der Waals surface area contributed by atoms with Gasteiger partial charge in [0.1, 0.15) is 5.82 Å². The summed E-state index contributed by atoms with van der Waals surface area (Å²) in [4.78, 5) is 10.9. The van der Waals surface area contributed by atoms with Crippen molar-refractivity contribution >= 4 is 11.5 Å². The molecule has 34 heavy (non-hydrogen) atoms. The summed E-state index contributed by atoms with van der Waals surface area (Å²) >= 11 is 0. The Morgan fingerprint density at radius 2 is 1.82 bits per heavy atom. The number of carbonyl (C=O) groups is 1. The van der Waals surface area contributed by atoms with Gasteiger partial charge in [-0.1, -0.05) is 61.5 Å². The van der Waals surface area contributed by atoms with Gasteiger partial charge in [0.15, 0.2) is 0 Å². The molecule has 0 aromatic heterocycles. The van der Waals surface area contributed by atoms with E-state index in [2.05, 4.69) is 25.1 Å². The predicted octanol–water partition coefficient (Wildman–Crippen LogP) is 5.61. The molecule has 4 rings (SSSR count). The predicted molar refractivity (Wildman–Crippen MR) is 131 cm³/mol. The number of halogens is 1. The zero-order valence-electron chi connectivity index (χ0n) is 19.3. The lowest BCUT2D eigenvalue weighted by Gasteiger charge is -2.25. The van der Waals surface area contributed by atoms with Crippen LogP contribution in [0.1, 0.15) is 61.6 Å². The Balaban J connectivity index is 1.84. The number of aliphatic hydroxyl groups excluding tert-OH is 2. The highest BCUT2D eigenvalue weighted by Gasteiger charge is 2.31. The molecule has 0 heterocycles. The van der Waals surface area contributed by atoms with Gasteiger partial charge in [-0.05, 0) is 76.6 Å². The van der Waals surface area contributed by atoms with Crippen LogP contribution in [0.15, 0.2) is 77.9 Å². The van der Waals surface area contributed by atoms with E-state index in [1.54, 1.807) is 18.2 Å². The first-order valence-corrected chi connectivity index (χ1v) is 11.9. The molecule has 0 aliphatic heterocycles. The van der Waals surface area contributed by atoms with Gasteiger partial charge in [0, 0.05) is 6.42 Å². The normalized spacial score (nSPS) is 20.4. The molecule has 0 radical (unpaired) electrons. The van der Waals surface area contributed by atoms with Gasteiger partial charge in [-0.3, -0.25) is 4.79 Å². The highest BCUT2D eigenvalue weighted by molar-refractivity contribution is 5.88. The van der Waals surface area contributed by atoms with E-state index < -0.39 is 24.6 Å². The van der Waals surface area contributed by atoms with Crippen LogP contribution >= 0.6 is 0 Å². The van der Waals surface area contributed by atoms with Gasteiger partial charge in [0.05, 0.1) is 18.6 Å². The van der Waals surface area contributed by atoms with Crippen LogP contribution in [0.2, 0.25) is 0 Å². The van der Waals surface area contributed by atoms with Crippen molar-refractivity contribution < 1.29 is 24.5 Å². The van der Waals surface area contributed by atoms with Gasteiger partial charge in [-0.25, -0.2) is 4.39 Å². The topological polar surface area (TPSA) is 77.8 Å².